The van der Waals surface area contributed by atoms with Crippen molar-refractivity contribution in [3.05, 3.63) is 54.6 Å². The Hall–Kier alpha value is -2.00. The summed E-state index contributed by atoms with van der Waals surface area (Å²) in [5.41, 5.74) is 0. The minimum Gasteiger partial charge on any atom is -0.215 e. The minimum atomic E-state index is -4.38. The zero-order chi connectivity index (χ0) is 16.0. The van der Waals surface area contributed by atoms with Crippen molar-refractivity contribution in [1.29, 1.82) is 0 Å². The molecule has 0 atom stereocenters. The molecule has 0 aliphatic heterocycles. The van der Waals surface area contributed by atoms with Gasteiger partial charge in [0, 0.05) is 5.39 Å². The molecule has 0 fully saturated rings. The number of hydrogen-bond acceptors (Lipinski definition) is 4. The average molecular weight is 336 g/mol. The highest BCUT2D eigenvalue weighted by Crippen LogP contribution is 2.29. The highest BCUT2D eigenvalue weighted by Gasteiger charge is 2.22. The molecule has 3 aromatic rings. The van der Waals surface area contributed by atoms with Crippen LogP contribution in [-0.4, -0.2) is 16.8 Å². The van der Waals surface area contributed by atoms with Crippen molar-refractivity contribution in [2.24, 2.45) is 5.14 Å². The van der Waals surface area contributed by atoms with Crippen molar-refractivity contribution in [2.45, 2.75) is 4.90 Å². The molecule has 3 aromatic carbocycles. The van der Waals surface area contributed by atoms with E-state index in [4.69, 9.17) is 5.14 Å². The van der Waals surface area contributed by atoms with Crippen LogP contribution in [0.1, 0.15) is 0 Å². The number of hydrogen-bond donors (Lipinski definition) is 2. The predicted molar refractivity (Wildman–Crippen MR) is 84.9 cm³/mol. The van der Waals surface area contributed by atoms with Gasteiger partial charge in [-0.05, 0) is 22.2 Å². The van der Waals surface area contributed by atoms with Crippen LogP contribution in [0.4, 0.5) is 0 Å². The van der Waals surface area contributed by atoms with Crippen LogP contribution in [0, 0.1) is 0 Å². The number of fused-ring (bicyclic) bond motifs is 3. The first-order chi connectivity index (χ1) is 10.3. The predicted octanol–water partition coefficient (Wildman–Crippen LogP) is 1.47. The summed E-state index contributed by atoms with van der Waals surface area (Å²) in [5.74, 6) is 0. The highest BCUT2D eigenvalue weighted by molar-refractivity contribution is 8.03. The summed E-state index contributed by atoms with van der Waals surface area (Å²) in [7, 11) is -8.66. The lowest BCUT2D eigenvalue weighted by atomic mass is 10.0. The fourth-order valence-electron chi connectivity index (χ4n) is 2.44. The second-order valence-corrected chi connectivity index (χ2v) is 7.97. The number of nitrogens with one attached hydrogen (secondary N) is 1. The van der Waals surface area contributed by atoms with E-state index in [2.05, 4.69) is 0 Å². The molecule has 0 aliphatic rings. The molecule has 22 heavy (non-hydrogen) atoms. The quantitative estimate of drug-likeness (QED) is 0.706. The number of rotatable bonds is 3. The van der Waals surface area contributed by atoms with Gasteiger partial charge in [-0.25, -0.2) is 13.6 Å². The van der Waals surface area contributed by atoms with Gasteiger partial charge in [0.15, 0.2) is 0 Å². The van der Waals surface area contributed by atoms with Gasteiger partial charge in [-0.15, -0.1) is 0 Å². The Balaban J connectivity index is 2.35. The molecular weight excluding hydrogens is 324 g/mol. The summed E-state index contributed by atoms with van der Waals surface area (Å²) < 4.78 is 48.0. The highest BCUT2D eigenvalue weighted by atomic mass is 32.3. The molecular formula is C14H12N2O4S2. The van der Waals surface area contributed by atoms with Crippen LogP contribution in [0.2, 0.25) is 0 Å². The Labute approximate surface area is 127 Å². The molecule has 0 saturated heterocycles. The van der Waals surface area contributed by atoms with Gasteiger partial charge in [0.05, 0.1) is 4.90 Å². The lowest BCUT2D eigenvalue weighted by Crippen LogP contribution is -2.36. The molecule has 8 heteroatoms. The van der Waals surface area contributed by atoms with Crippen LogP contribution in [0.15, 0.2) is 59.5 Å². The fraction of sp³-hybridized carbons (Fsp3) is 0. The van der Waals surface area contributed by atoms with Crippen LogP contribution >= 0.6 is 0 Å². The van der Waals surface area contributed by atoms with Gasteiger partial charge in [0.2, 0.25) is 0 Å². The molecule has 0 heterocycles. The summed E-state index contributed by atoms with van der Waals surface area (Å²) in [6, 6.07) is 15.6. The Morgan fingerprint density at radius 3 is 2.14 bits per heavy atom. The Bertz CT molecular complexity index is 1090. The number of sulfonamides is 1. The zero-order valence-corrected chi connectivity index (χ0v) is 12.9. The molecule has 0 bridgehead atoms. The van der Waals surface area contributed by atoms with E-state index < -0.39 is 20.2 Å². The summed E-state index contributed by atoms with van der Waals surface area (Å²) in [4.78, 5) is -0.134. The van der Waals surface area contributed by atoms with Crippen LogP contribution in [0.25, 0.3) is 21.5 Å². The fourth-order valence-corrected chi connectivity index (χ4v) is 4.75. The first-order valence-electron chi connectivity index (χ1n) is 6.25. The Morgan fingerprint density at radius 2 is 1.41 bits per heavy atom. The first kappa shape index (κ1) is 14.9. The Kier molecular flexibility index (Phi) is 3.41. The van der Waals surface area contributed by atoms with E-state index in [1.807, 2.05) is 24.3 Å². The van der Waals surface area contributed by atoms with Crippen molar-refractivity contribution in [1.82, 2.24) is 4.13 Å². The Morgan fingerprint density at radius 1 is 0.727 bits per heavy atom. The van der Waals surface area contributed by atoms with E-state index >= 15 is 0 Å². The lowest BCUT2D eigenvalue weighted by molar-refractivity contribution is 0.578. The lowest BCUT2D eigenvalue weighted by Gasteiger charge is -2.10. The summed E-state index contributed by atoms with van der Waals surface area (Å²) >= 11 is 0. The standard InChI is InChI=1S/C14H12N2O4S2/c15-22(19,20)16-21(17,18)14-7-3-6-12-11-5-2-1-4-10(11)8-9-13(12)14/h1-9,16H,(H2,15,19,20). The maximum absolute atomic E-state index is 12.2. The SMILES string of the molecule is NS(=O)(=O)NS(=O)(=O)c1cccc2c1ccc1ccccc12. The summed E-state index contributed by atoms with van der Waals surface area (Å²) in [6.45, 7) is 0. The molecule has 0 aromatic heterocycles. The molecule has 0 amide bonds. The molecule has 0 saturated carbocycles. The first-order valence-corrected chi connectivity index (χ1v) is 9.28. The van der Waals surface area contributed by atoms with Gasteiger partial charge in [0.25, 0.3) is 20.2 Å². The molecule has 0 spiro atoms. The van der Waals surface area contributed by atoms with Crippen LogP contribution in [0.3, 0.4) is 0 Å². The number of nitrogens with two attached hydrogens (primary N) is 1. The number of benzene rings is 3. The topological polar surface area (TPSA) is 106 Å². The molecule has 0 aliphatic carbocycles. The molecule has 3 rings (SSSR count). The van der Waals surface area contributed by atoms with Gasteiger partial charge < -0.3 is 0 Å². The van der Waals surface area contributed by atoms with Crippen molar-refractivity contribution in [3.8, 4) is 0 Å². The monoisotopic (exact) mass is 336 g/mol. The van der Waals surface area contributed by atoms with E-state index in [0.29, 0.717) is 5.39 Å². The van der Waals surface area contributed by atoms with E-state index in [1.54, 1.807) is 24.3 Å². The van der Waals surface area contributed by atoms with Crippen molar-refractivity contribution in [2.75, 3.05) is 0 Å². The van der Waals surface area contributed by atoms with Crippen LogP contribution in [0.5, 0.6) is 0 Å². The molecule has 0 unspecified atom stereocenters. The minimum absolute atomic E-state index is 0.134. The van der Waals surface area contributed by atoms with Gasteiger partial charge in [0.1, 0.15) is 0 Å². The summed E-state index contributed by atoms with van der Waals surface area (Å²) in [5, 5.41) is 7.77. The molecule has 6 nitrogen and oxygen atoms in total. The third-order valence-electron chi connectivity index (χ3n) is 3.26. The van der Waals surface area contributed by atoms with Crippen LogP contribution < -0.4 is 9.27 Å². The van der Waals surface area contributed by atoms with Gasteiger partial charge in [-0.1, -0.05) is 52.7 Å². The zero-order valence-electron chi connectivity index (χ0n) is 11.2. The van der Waals surface area contributed by atoms with Crippen molar-refractivity contribution in [3.63, 3.8) is 0 Å². The maximum atomic E-state index is 12.2. The van der Waals surface area contributed by atoms with Crippen molar-refractivity contribution < 1.29 is 16.8 Å². The van der Waals surface area contributed by atoms with Crippen LogP contribution in [-0.2, 0) is 20.2 Å². The third kappa shape index (κ3) is 2.69. The third-order valence-corrected chi connectivity index (χ3v) is 6.00. The van der Waals surface area contributed by atoms with Crippen molar-refractivity contribution >= 4 is 41.8 Å². The average Bonchev–Trinajstić information content (AvgIpc) is 2.44. The van der Waals surface area contributed by atoms with E-state index in [-0.39, 0.29) is 4.90 Å². The van der Waals surface area contributed by atoms with E-state index in [9.17, 15) is 16.8 Å². The van der Waals surface area contributed by atoms with E-state index in [1.165, 1.54) is 10.2 Å². The smallest absolute Gasteiger partial charge is 0.215 e. The second-order valence-electron chi connectivity index (χ2n) is 4.77. The normalized spacial score (nSPS) is 12.8. The molecule has 3 N–H and O–H groups in total. The second kappa shape index (κ2) is 5.03. The summed E-state index contributed by atoms with van der Waals surface area (Å²) in [6.07, 6.45) is 0. The largest absolute Gasteiger partial charge is 0.287 e. The molecule has 0 radical (unpaired) electrons. The maximum Gasteiger partial charge on any atom is 0.287 e. The van der Waals surface area contributed by atoms with Gasteiger partial charge in [-0.2, -0.15) is 8.42 Å². The van der Waals surface area contributed by atoms with Gasteiger partial charge >= 0.3 is 0 Å². The molecule has 114 valence electrons. The van der Waals surface area contributed by atoms with E-state index in [0.717, 1.165) is 16.2 Å². The van der Waals surface area contributed by atoms with Gasteiger partial charge in [-0.3, -0.25) is 0 Å².